The molecule has 0 aromatic heterocycles. The third kappa shape index (κ3) is 4.95. The van der Waals surface area contributed by atoms with Gasteiger partial charge in [0.15, 0.2) is 0 Å². The Labute approximate surface area is 125 Å². The van der Waals surface area contributed by atoms with Gasteiger partial charge in [0, 0.05) is 16.9 Å². The third-order valence-corrected chi connectivity index (χ3v) is 4.77. The Bertz CT molecular complexity index is 524. The van der Waals surface area contributed by atoms with Crippen molar-refractivity contribution in [3.05, 3.63) is 29.3 Å². The van der Waals surface area contributed by atoms with Gasteiger partial charge in [-0.3, -0.25) is 0 Å². The first-order chi connectivity index (χ1) is 8.66. The van der Waals surface area contributed by atoms with Crippen LogP contribution in [0.25, 0.3) is 0 Å². The number of hydrogen-bond donors (Lipinski definition) is 1. The van der Waals surface area contributed by atoms with Crippen molar-refractivity contribution in [3.63, 3.8) is 0 Å². The van der Waals surface area contributed by atoms with Crippen molar-refractivity contribution in [2.75, 3.05) is 5.88 Å². The van der Waals surface area contributed by atoms with E-state index in [-0.39, 0.29) is 16.4 Å². The first kappa shape index (κ1) is 16.8. The Balaban J connectivity index is 3.01. The highest BCUT2D eigenvalue weighted by molar-refractivity contribution is 7.89. The summed E-state index contributed by atoms with van der Waals surface area (Å²) in [6, 6.07) is 5.98. The number of sulfonamides is 1. The molecule has 0 heterocycles. The fourth-order valence-electron chi connectivity index (χ4n) is 1.67. The van der Waals surface area contributed by atoms with E-state index in [1.807, 2.05) is 20.8 Å². The number of nitrogens with one attached hydrogen (secondary N) is 1. The first-order valence-electron chi connectivity index (χ1n) is 6.00. The van der Waals surface area contributed by atoms with E-state index in [4.69, 9.17) is 23.2 Å². The van der Waals surface area contributed by atoms with Crippen LogP contribution in [0.2, 0.25) is 5.02 Å². The maximum atomic E-state index is 12.3. The van der Waals surface area contributed by atoms with Crippen molar-refractivity contribution in [1.82, 2.24) is 4.72 Å². The highest BCUT2D eigenvalue weighted by Gasteiger charge is 2.29. The predicted octanol–water partition coefficient (Wildman–Crippen LogP) is 3.66. The van der Waals surface area contributed by atoms with Gasteiger partial charge in [-0.15, -0.1) is 11.6 Å². The van der Waals surface area contributed by atoms with Gasteiger partial charge in [0.05, 0.1) is 4.90 Å². The molecule has 1 aromatic carbocycles. The van der Waals surface area contributed by atoms with Gasteiger partial charge < -0.3 is 0 Å². The zero-order valence-electron chi connectivity index (χ0n) is 11.3. The topological polar surface area (TPSA) is 46.2 Å². The van der Waals surface area contributed by atoms with Crippen LogP contribution in [0, 0.1) is 5.41 Å². The van der Waals surface area contributed by atoms with Crippen molar-refractivity contribution >= 4 is 33.2 Å². The van der Waals surface area contributed by atoms with Crippen molar-refractivity contribution in [3.8, 4) is 0 Å². The summed E-state index contributed by atoms with van der Waals surface area (Å²) in [7, 11) is -3.58. The highest BCUT2D eigenvalue weighted by Crippen LogP contribution is 2.25. The summed E-state index contributed by atoms with van der Waals surface area (Å²) in [5.74, 6) is 0.403. The molecular weight excluding hydrogens is 305 g/mol. The zero-order valence-corrected chi connectivity index (χ0v) is 13.6. The second kappa shape index (κ2) is 6.44. The monoisotopic (exact) mass is 323 g/mol. The average molecular weight is 324 g/mol. The van der Waals surface area contributed by atoms with E-state index >= 15 is 0 Å². The quantitative estimate of drug-likeness (QED) is 0.840. The lowest BCUT2D eigenvalue weighted by atomic mass is 9.86. The predicted molar refractivity (Wildman–Crippen MR) is 80.4 cm³/mol. The minimum Gasteiger partial charge on any atom is -0.208 e. The molecule has 0 saturated carbocycles. The summed E-state index contributed by atoms with van der Waals surface area (Å²) < 4.78 is 27.3. The minimum atomic E-state index is -3.58. The van der Waals surface area contributed by atoms with Gasteiger partial charge in [0.25, 0.3) is 0 Å². The molecule has 19 heavy (non-hydrogen) atoms. The Kier molecular flexibility index (Phi) is 5.68. The van der Waals surface area contributed by atoms with E-state index in [9.17, 15) is 8.42 Å². The summed E-state index contributed by atoms with van der Waals surface area (Å²) in [5.41, 5.74) is -0.208. The second-order valence-corrected chi connectivity index (χ2v) is 8.00. The van der Waals surface area contributed by atoms with Crippen LogP contribution in [-0.4, -0.2) is 20.3 Å². The Morgan fingerprint density at radius 3 is 2.42 bits per heavy atom. The largest absolute Gasteiger partial charge is 0.240 e. The van der Waals surface area contributed by atoms with Crippen LogP contribution >= 0.6 is 23.2 Å². The number of halogens is 2. The molecule has 0 radical (unpaired) electrons. The molecular formula is C13H19Cl2NO2S. The maximum Gasteiger partial charge on any atom is 0.240 e. The van der Waals surface area contributed by atoms with Crippen LogP contribution in [0.4, 0.5) is 0 Å². The fraction of sp³-hybridized carbons (Fsp3) is 0.538. The smallest absolute Gasteiger partial charge is 0.208 e. The maximum absolute atomic E-state index is 12.3. The molecule has 1 rings (SSSR count). The fourth-order valence-corrected chi connectivity index (χ4v) is 3.66. The summed E-state index contributed by atoms with van der Waals surface area (Å²) in [6.07, 6.45) is 0.574. The molecule has 1 aromatic rings. The third-order valence-electron chi connectivity index (χ3n) is 2.85. The van der Waals surface area contributed by atoms with Gasteiger partial charge in [-0.2, -0.15) is 0 Å². The summed E-state index contributed by atoms with van der Waals surface area (Å²) >= 11 is 11.6. The van der Waals surface area contributed by atoms with E-state index in [1.165, 1.54) is 12.1 Å². The molecule has 0 fully saturated rings. The standard InChI is InChI=1S/C13H19Cl2NO2S/c1-13(2,3)12(7-8-14)16-19(17,18)11-6-4-5-10(15)9-11/h4-6,9,12,16H,7-8H2,1-3H3. The van der Waals surface area contributed by atoms with Crippen LogP contribution in [0.5, 0.6) is 0 Å². The second-order valence-electron chi connectivity index (χ2n) is 5.47. The lowest BCUT2D eigenvalue weighted by molar-refractivity contribution is 0.292. The Morgan fingerprint density at radius 1 is 1.32 bits per heavy atom. The first-order valence-corrected chi connectivity index (χ1v) is 8.40. The summed E-state index contributed by atoms with van der Waals surface area (Å²) in [4.78, 5) is 0.170. The van der Waals surface area contributed by atoms with Crippen LogP contribution in [0.1, 0.15) is 27.2 Å². The summed E-state index contributed by atoms with van der Waals surface area (Å²) in [5, 5.41) is 0.396. The van der Waals surface area contributed by atoms with Crippen molar-refractivity contribution < 1.29 is 8.42 Å². The molecule has 0 spiro atoms. The Morgan fingerprint density at radius 2 is 1.95 bits per heavy atom. The van der Waals surface area contributed by atoms with Gasteiger partial charge in [-0.1, -0.05) is 38.4 Å². The van der Waals surface area contributed by atoms with Gasteiger partial charge in [0.1, 0.15) is 0 Å². The number of benzene rings is 1. The molecule has 0 aliphatic rings. The van der Waals surface area contributed by atoms with Gasteiger partial charge in [-0.05, 0) is 30.0 Å². The average Bonchev–Trinajstić information content (AvgIpc) is 2.27. The van der Waals surface area contributed by atoms with Gasteiger partial charge in [0.2, 0.25) is 10.0 Å². The molecule has 1 atom stereocenters. The molecule has 0 aliphatic heterocycles. The molecule has 3 nitrogen and oxygen atoms in total. The van der Waals surface area contributed by atoms with Crippen molar-refractivity contribution in [2.45, 2.75) is 38.1 Å². The van der Waals surface area contributed by atoms with Crippen LogP contribution in [0.3, 0.4) is 0 Å². The molecule has 1 N–H and O–H groups in total. The summed E-state index contributed by atoms with van der Waals surface area (Å²) in [6.45, 7) is 5.93. The number of hydrogen-bond acceptors (Lipinski definition) is 2. The van der Waals surface area contributed by atoms with Crippen molar-refractivity contribution in [2.24, 2.45) is 5.41 Å². The molecule has 0 aliphatic carbocycles. The van der Waals surface area contributed by atoms with Crippen LogP contribution in [0.15, 0.2) is 29.2 Å². The zero-order chi connectivity index (χ0) is 14.7. The molecule has 1 unspecified atom stereocenters. The Hall–Kier alpha value is -0.290. The minimum absolute atomic E-state index is 0.170. The SMILES string of the molecule is CC(C)(C)C(CCCl)NS(=O)(=O)c1cccc(Cl)c1. The number of rotatable bonds is 5. The normalized spacial score (nSPS) is 14.4. The van der Waals surface area contributed by atoms with Crippen molar-refractivity contribution in [1.29, 1.82) is 0 Å². The van der Waals surface area contributed by atoms with E-state index in [1.54, 1.807) is 12.1 Å². The van der Waals surface area contributed by atoms with Gasteiger partial charge >= 0.3 is 0 Å². The lowest BCUT2D eigenvalue weighted by Gasteiger charge is -2.30. The van der Waals surface area contributed by atoms with E-state index in [0.29, 0.717) is 17.3 Å². The number of alkyl halides is 1. The molecule has 0 saturated heterocycles. The van der Waals surface area contributed by atoms with Crippen LogP contribution in [-0.2, 0) is 10.0 Å². The van der Waals surface area contributed by atoms with E-state index in [2.05, 4.69) is 4.72 Å². The molecule has 6 heteroatoms. The molecule has 0 bridgehead atoms. The molecule has 0 amide bonds. The van der Waals surface area contributed by atoms with E-state index < -0.39 is 10.0 Å². The van der Waals surface area contributed by atoms with E-state index in [0.717, 1.165) is 0 Å². The van der Waals surface area contributed by atoms with Gasteiger partial charge in [-0.25, -0.2) is 13.1 Å². The lowest BCUT2D eigenvalue weighted by Crippen LogP contribution is -2.43. The van der Waals surface area contributed by atoms with Crippen LogP contribution < -0.4 is 4.72 Å². The molecule has 108 valence electrons. The highest BCUT2D eigenvalue weighted by atomic mass is 35.5.